The van der Waals surface area contributed by atoms with Crippen LogP contribution in [0, 0.1) is 0 Å². The molecule has 0 aliphatic carbocycles. The van der Waals surface area contributed by atoms with Crippen LogP contribution in [0.3, 0.4) is 0 Å². The number of thiophene rings is 1. The van der Waals surface area contributed by atoms with E-state index >= 15 is 0 Å². The zero-order valence-electron chi connectivity index (χ0n) is 46.9. The van der Waals surface area contributed by atoms with Crippen LogP contribution in [0.25, 0.3) is 32.6 Å². The van der Waals surface area contributed by atoms with Crippen molar-refractivity contribution in [3.05, 3.63) is 167 Å². The van der Waals surface area contributed by atoms with E-state index in [2.05, 4.69) is 79.8 Å². The highest BCUT2D eigenvalue weighted by Gasteiger charge is 2.47. The van der Waals surface area contributed by atoms with E-state index in [4.69, 9.17) is 15.5 Å². The number of nitrogens with one attached hydrogen (secondary N) is 4. The smallest absolute Gasteiger partial charge is 0.263 e. The molecule has 4 aromatic heterocycles. The van der Waals surface area contributed by atoms with Gasteiger partial charge in [-0.05, 0) is 124 Å². The maximum absolute atomic E-state index is 13.6. The van der Waals surface area contributed by atoms with E-state index in [-0.39, 0.29) is 43.3 Å². The highest BCUT2D eigenvalue weighted by Crippen LogP contribution is 2.51. The monoisotopic (exact) mass is 1140 g/mol. The Balaban J connectivity index is 0.713. The highest BCUT2D eigenvalue weighted by molar-refractivity contribution is 7.98. The molecule has 0 saturated carbocycles. The summed E-state index contributed by atoms with van der Waals surface area (Å²) >= 11 is 2.63. The van der Waals surface area contributed by atoms with Gasteiger partial charge in [0, 0.05) is 51.6 Å². The quantitative estimate of drug-likeness (QED) is 0.0397. The molecule has 9 aromatic rings. The lowest BCUT2D eigenvalue weighted by Gasteiger charge is -2.51. The minimum absolute atomic E-state index is 0.000697. The van der Waals surface area contributed by atoms with E-state index in [0.717, 1.165) is 33.5 Å². The molecule has 1 aliphatic rings. The summed E-state index contributed by atoms with van der Waals surface area (Å²) in [5.74, 6) is -0.136. The third-order valence-corrected chi connectivity index (χ3v) is 15.8. The molecule has 0 bridgehead atoms. The van der Waals surface area contributed by atoms with Crippen LogP contribution in [0.2, 0.25) is 0 Å². The molecule has 420 valence electrons. The summed E-state index contributed by atoms with van der Waals surface area (Å²) in [4.78, 5) is 65.3. The fourth-order valence-corrected chi connectivity index (χ4v) is 11.9. The zero-order chi connectivity index (χ0) is 57.9. The number of amides is 4. The van der Waals surface area contributed by atoms with Gasteiger partial charge in [0.15, 0.2) is 5.16 Å². The van der Waals surface area contributed by atoms with Gasteiger partial charge in [-0.3, -0.25) is 28.5 Å². The number of fused-ring (bicyclic) bond motifs is 2. The molecule has 0 spiro atoms. The molecule has 1 atom stereocenters. The van der Waals surface area contributed by atoms with Crippen molar-refractivity contribution in [1.82, 2.24) is 50.6 Å². The summed E-state index contributed by atoms with van der Waals surface area (Å²) in [6.45, 7) is 15.0. The van der Waals surface area contributed by atoms with Crippen LogP contribution in [-0.2, 0) is 41.2 Å². The molecule has 6 N–H and O–H groups in total. The molecule has 0 fully saturated rings. The number of benzene rings is 5. The molecule has 0 radical (unpaired) electrons. The van der Waals surface area contributed by atoms with Gasteiger partial charge in [-0.2, -0.15) is 0 Å². The fourth-order valence-electron chi connectivity index (χ4n) is 10.5. The molecule has 5 heterocycles. The summed E-state index contributed by atoms with van der Waals surface area (Å²) in [6.07, 6.45) is 6.12. The van der Waals surface area contributed by atoms with Crippen LogP contribution in [0.5, 0.6) is 5.75 Å². The molecule has 4 amide bonds. The molecule has 82 heavy (non-hydrogen) atoms. The second-order valence-corrected chi connectivity index (χ2v) is 23.8. The van der Waals surface area contributed by atoms with E-state index in [1.165, 1.54) is 23.1 Å². The van der Waals surface area contributed by atoms with Crippen molar-refractivity contribution in [2.24, 2.45) is 0 Å². The number of nitrogens with two attached hydrogens (primary N) is 1. The maximum atomic E-state index is 13.6. The van der Waals surface area contributed by atoms with Gasteiger partial charge in [-0.15, -0.1) is 21.5 Å². The van der Waals surface area contributed by atoms with E-state index in [1.54, 1.807) is 22.5 Å². The van der Waals surface area contributed by atoms with Crippen LogP contribution < -0.4 is 36.6 Å². The van der Waals surface area contributed by atoms with E-state index < -0.39 is 16.5 Å². The van der Waals surface area contributed by atoms with Crippen LogP contribution in [0.15, 0.2) is 139 Å². The first-order chi connectivity index (χ1) is 39.2. The summed E-state index contributed by atoms with van der Waals surface area (Å²) < 4.78 is 9.59. The van der Waals surface area contributed by atoms with Crippen LogP contribution in [0.4, 0.5) is 22.7 Å². The lowest BCUT2D eigenvalue weighted by Crippen LogP contribution is -2.55. The van der Waals surface area contributed by atoms with Crippen molar-refractivity contribution in [3.8, 4) is 28.1 Å². The average Bonchev–Trinajstić information content (AvgIpc) is 1.77. The van der Waals surface area contributed by atoms with E-state index in [9.17, 15) is 19.2 Å². The number of thioether (sulfide) groups is 1. The van der Waals surface area contributed by atoms with Gasteiger partial charge >= 0.3 is 0 Å². The number of nitrogen functional groups attached to an aromatic ring is 1. The fraction of sp³-hybridized carbons (Fsp3) is 0.279. The van der Waals surface area contributed by atoms with Gasteiger partial charge in [0.2, 0.25) is 11.8 Å². The number of aromatic nitrogens is 8. The van der Waals surface area contributed by atoms with Crippen molar-refractivity contribution in [1.29, 1.82) is 0 Å². The van der Waals surface area contributed by atoms with E-state index in [1.807, 2.05) is 147 Å². The summed E-state index contributed by atoms with van der Waals surface area (Å²) in [5.41, 5.74) is 14.8. The van der Waals surface area contributed by atoms with Crippen LogP contribution >= 0.6 is 23.1 Å². The number of carbonyl (C=O) groups excluding carboxylic acids is 4. The van der Waals surface area contributed by atoms with Crippen molar-refractivity contribution in [2.45, 2.75) is 103 Å². The van der Waals surface area contributed by atoms with Crippen molar-refractivity contribution >= 4 is 79.7 Å². The standard InChI is InChI=1S/C61H64N14O5S2/c1-37(76)75-49-26-23-44(65-55(78)40-19-17-39(18-20-40)38-13-10-9-11-14-38)30-48(49)61(7,36-60(75,5)6)42-21-24-47(25-22-42)80-35-46-34-74(72-70-46)28-27-73-33-45(69-71-73)31-64-50(77)32-63-43-16-12-15-41(29-43)53-51-52(62)54(56(79)68-59(2,3)4)82-57(51)67-58(66-53)81-8/h9-26,29-30,33-34,63H,27-28,31-32,35-36,62H2,1-8H3,(H,64,77)(H,65,78)(H,68,79)/t61-/m0/s1. The number of anilines is 4. The predicted octanol–water partition coefficient (Wildman–Crippen LogP) is 10.1. The first-order valence-corrected chi connectivity index (χ1v) is 28.8. The van der Waals surface area contributed by atoms with Gasteiger partial charge in [0.1, 0.15) is 33.5 Å². The van der Waals surface area contributed by atoms with Gasteiger partial charge in [-0.25, -0.2) is 9.97 Å². The normalized spacial score (nSPS) is 14.7. The molecular formula is C61H64N14O5S2. The van der Waals surface area contributed by atoms with Crippen LogP contribution in [-0.4, -0.2) is 87.5 Å². The lowest BCUT2D eigenvalue weighted by atomic mass is 9.65. The lowest BCUT2D eigenvalue weighted by molar-refractivity contribution is -0.119. The van der Waals surface area contributed by atoms with Crippen molar-refractivity contribution in [3.63, 3.8) is 0 Å². The molecule has 10 rings (SSSR count). The Labute approximate surface area is 483 Å². The number of ether oxygens (including phenoxy) is 1. The average molecular weight is 1140 g/mol. The summed E-state index contributed by atoms with van der Waals surface area (Å²) in [6, 6.07) is 38.9. The number of aryl methyl sites for hydroxylation is 2. The Morgan fingerprint density at radius 1 is 0.768 bits per heavy atom. The van der Waals surface area contributed by atoms with Crippen molar-refractivity contribution < 1.29 is 23.9 Å². The molecular weight excluding hydrogens is 1070 g/mol. The van der Waals surface area contributed by atoms with Crippen LogP contribution in [0.1, 0.15) is 97.4 Å². The maximum Gasteiger partial charge on any atom is 0.263 e. The number of rotatable bonds is 18. The van der Waals surface area contributed by atoms with Gasteiger partial charge in [0.25, 0.3) is 11.8 Å². The Kier molecular flexibility index (Phi) is 16.0. The van der Waals surface area contributed by atoms with Gasteiger partial charge < -0.3 is 36.6 Å². The predicted molar refractivity (Wildman–Crippen MR) is 322 cm³/mol. The van der Waals surface area contributed by atoms with Gasteiger partial charge in [0.05, 0.1) is 55.3 Å². The summed E-state index contributed by atoms with van der Waals surface area (Å²) in [5, 5.41) is 30.5. The largest absolute Gasteiger partial charge is 0.487 e. The zero-order valence-corrected chi connectivity index (χ0v) is 48.5. The van der Waals surface area contributed by atoms with Crippen molar-refractivity contribution in [2.75, 3.05) is 34.1 Å². The number of hydrogen-bond acceptors (Lipinski definition) is 15. The number of carbonyl (C=O) groups is 4. The second kappa shape index (κ2) is 23.3. The first kappa shape index (κ1) is 56.3. The van der Waals surface area contributed by atoms with Gasteiger partial charge in [-0.1, -0.05) is 95.8 Å². The highest BCUT2D eigenvalue weighted by atomic mass is 32.2. The van der Waals surface area contributed by atoms with E-state index in [0.29, 0.717) is 85.2 Å². The molecule has 0 unspecified atom stereocenters. The Hall–Kier alpha value is -8.95. The Morgan fingerprint density at radius 3 is 2.15 bits per heavy atom. The Morgan fingerprint density at radius 2 is 1.45 bits per heavy atom. The topological polar surface area (TPSA) is 242 Å². The Bertz CT molecular complexity index is 3830. The second-order valence-electron chi connectivity index (χ2n) is 22.1. The third kappa shape index (κ3) is 12.5. The summed E-state index contributed by atoms with van der Waals surface area (Å²) in [7, 11) is 0. The minimum atomic E-state index is -0.537. The molecule has 5 aromatic carbocycles. The SMILES string of the molecule is CSc1nc(-c2cccc(NCC(=O)NCc3cn(CCn4cc(COc5ccc([C@]6(C)CC(C)(C)N(C(C)=O)c7ccc(NC(=O)c8ccc(-c9ccccc9)cc8)cc76)cc5)nn4)nn3)c2)c2c(N)c(C(=O)NC(C)(C)C)sc2n1. The molecule has 19 nitrogen and oxygen atoms in total. The molecule has 0 saturated heterocycles. The first-order valence-electron chi connectivity index (χ1n) is 26.7. The molecule has 1 aliphatic heterocycles. The third-order valence-electron chi connectivity index (χ3n) is 14.2. The molecule has 21 heteroatoms. The number of hydrogen-bond donors (Lipinski definition) is 5. The minimum Gasteiger partial charge on any atom is -0.487 e. The number of nitrogens with zero attached hydrogens (tertiary/aromatic N) is 9.